The molecule has 0 fully saturated rings. The molecule has 0 atom stereocenters. The zero-order chi connectivity index (χ0) is 50.0. The van der Waals surface area contributed by atoms with Crippen LogP contribution in [0.25, 0.3) is 20.8 Å². The van der Waals surface area contributed by atoms with Gasteiger partial charge < -0.3 is 9.80 Å². The summed E-state index contributed by atoms with van der Waals surface area (Å²) in [4.78, 5) is 10.8. The molecule has 7 aromatic rings. The first-order valence-corrected chi connectivity index (χ1v) is 27.1. The maximum atomic E-state index is 5.49. The van der Waals surface area contributed by atoms with Crippen LogP contribution in [0.4, 0.5) is 34.1 Å². The molecule has 0 radical (unpaired) electrons. The smallest absolute Gasteiger partial charge is 0.252 e. The molecule has 3 nitrogen and oxygen atoms in total. The van der Waals surface area contributed by atoms with Crippen LogP contribution in [-0.4, -0.2) is 11.7 Å². The highest BCUT2D eigenvalue weighted by Crippen LogP contribution is 2.53. The zero-order valence-electron chi connectivity index (χ0n) is 45.5. The molecule has 5 heteroatoms. The summed E-state index contributed by atoms with van der Waals surface area (Å²) < 4.78 is 1.23. The Morgan fingerprint density at radius 2 is 0.957 bits per heavy atom. The second-order valence-electron chi connectivity index (χ2n) is 27.5. The van der Waals surface area contributed by atoms with Crippen LogP contribution in [0.15, 0.2) is 103 Å². The fourth-order valence-corrected chi connectivity index (χ4v) is 13.5. The van der Waals surface area contributed by atoms with Gasteiger partial charge in [-0.1, -0.05) is 166 Å². The van der Waals surface area contributed by atoms with Crippen molar-refractivity contribution < 1.29 is 0 Å². The molecular weight excluding hydrogens is 866 g/mol. The molecule has 0 spiro atoms. The third kappa shape index (κ3) is 7.44. The Hall–Kier alpha value is -5.13. The number of hydrogen-bond donors (Lipinski definition) is 0. The maximum absolute atomic E-state index is 5.49. The van der Waals surface area contributed by atoms with E-state index < -0.39 is 0 Å². The SMILES string of the molecule is CC(C)(C)c1ccc(-c2nc3cc4c(cc3s2)B2c3cc5c(cc3N(c3ccc6c(c3)C(C)(C)CCC6(C)C)c3cc(C(C)(C)C)cc(c32)N4c2cccc(C(C)(C)C)c2)C(C)(C)CCC5(C)C)cc1. The molecule has 6 aromatic carbocycles. The van der Waals surface area contributed by atoms with E-state index in [0.29, 0.717) is 0 Å². The van der Waals surface area contributed by atoms with Crippen molar-refractivity contribution in [2.75, 3.05) is 9.80 Å². The highest BCUT2D eigenvalue weighted by atomic mass is 32.1. The summed E-state index contributed by atoms with van der Waals surface area (Å²) in [5, 5.41) is 1.07. The Balaban J connectivity index is 1.26. The summed E-state index contributed by atoms with van der Waals surface area (Å²) in [7, 11) is 0. The molecule has 11 rings (SSSR count). The van der Waals surface area contributed by atoms with E-state index in [2.05, 4.69) is 231 Å². The number of anilines is 6. The molecule has 2 aliphatic heterocycles. The van der Waals surface area contributed by atoms with E-state index in [9.17, 15) is 0 Å². The van der Waals surface area contributed by atoms with Crippen LogP contribution in [0.2, 0.25) is 0 Å². The molecule has 4 aliphatic rings. The number of aromatic nitrogens is 1. The van der Waals surface area contributed by atoms with Gasteiger partial charge >= 0.3 is 0 Å². The van der Waals surface area contributed by atoms with Gasteiger partial charge in [0.1, 0.15) is 5.01 Å². The molecule has 2 aliphatic carbocycles. The summed E-state index contributed by atoms with van der Waals surface area (Å²) in [6, 6.07) is 41.6. The Labute approximate surface area is 425 Å². The second-order valence-corrected chi connectivity index (χ2v) is 28.6. The molecule has 0 bridgehead atoms. The quantitative estimate of drug-likeness (QED) is 0.165. The van der Waals surface area contributed by atoms with Crippen LogP contribution in [0.5, 0.6) is 0 Å². The van der Waals surface area contributed by atoms with E-state index in [1.165, 1.54) is 125 Å². The molecule has 0 saturated heterocycles. The molecule has 70 heavy (non-hydrogen) atoms. The Bertz CT molecular complexity index is 3290. The first-order valence-electron chi connectivity index (χ1n) is 26.3. The number of nitrogens with zero attached hydrogens (tertiary/aromatic N) is 3. The number of hydrogen-bond acceptors (Lipinski definition) is 4. The average molecular weight is 942 g/mol. The van der Waals surface area contributed by atoms with Crippen molar-refractivity contribution in [1.29, 1.82) is 0 Å². The van der Waals surface area contributed by atoms with Gasteiger partial charge in [-0.3, -0.25) is 0 Å². The van der Waals surface area contributed by atoms with Crippen LogP contribution in [0.3, 0.4) is 0 Å². The van der Waals surface area contributed by atoms with Crippen LogP contribution in [0.1, 0.15) is 182 Å². The minimum Gasteiger partial charge on any atom is -0.311 e. The number of benzene rings is 6. The molecule has 0 amide bonds. The van der Waals surface area contributed by atoms with Crippen LogP contribution < -0.4 is 26.2 Å². The molecular formula is C65H76BN3S. The van der Waals surface area contributed by atoms with Crippen LogP contribution in [0, 0.1) is 0 Å². The summed E-state index contributed by atoms with van der Waals surface area (Å²) in [5.41, 5.74) is 24.2. The van der Waals surface area contributed by atoms with Gasteiger partial charge in [0.15, 0.2) is 0 Å². The maximum Gasteiger partial charge on any atom is 0.252 e. The van der Waals surface area contributed by atoms with Gasteiger partial charge in [-0.05, 0) is 174 Å². The van der Waals surface area contributed by atoms with Crippen LogP contribution >= 0.6 is 11.3 Å². The van der Waals surface area contributed by atoms with Crippen molar-refractivity contribution in [3.8, 4) is 10.6 Å². The summed E-state index contributed by atoms with van der Waals surface area (Å²) >= 11 is 1.83. The lowest BCUT2D eigenvalue weighted by molar-refractivity contribution is 0.332. The molecule has 1 aromatic heterocycles. The predicted molar refractivity (Wildman–Crippen MR) is 306 cm³/mol. The van der Waals surface area contributed by atoms with Gasteiger partial charge in [0.2, 0.25) is 0 Å². The van der Waals surface area contributed by atoms with E-state index in [4.69, 9.17) is 4.98 Å². The fourth-order valence-electron chi connectivity index (χ4n) is 12.5. The second kappa shape index (κ2) is 15.2. The van der Waals surface area contributed by atoms with Gasteiger partial charge in [0.05, 0.1) is 10.2 Å². The van der Waals surface area contributed by atoms with Gasteiger partial charge in [0.25, 0.3) is 6.71 Å². The minimum atomic E-state index is -0.119. The van der Waals surface area contributed by atoms with Crippen molar-refractivity contribution >= 4 is 78.8 Å². The summed E-state index contributed by atoms with van der Waals surface area (Å²) in [6.45, 7) is 40.8. The number of rotatable bonds is 3. The van der Waals surface area contributed by atoms with Crippen molar-refractivity contribution in [2.24, 2.45) is 0 Å². The van der Waals surface area contributed by atoms with Crippen molar-refractivity contribution in [3.05, 3.63) is 142 Å². The van der Waals surface area contributed by atoms with Gasteiger partial charge in [-0.25, -0.2) is 4.98 Å². The molecule has 360 valence electrons. The van der Waals surface area contributed by atoms with E-state index in [1.54, 1.807) is 0 Å². The Morgan fingerprint density at radius 1 is 0.457 bits per heavy atom. The largest absolute Gasteiger partial charge is 0.311 e. The molecule has 3 heterocycles. The average Bonchev–Trinajstić information content (AvgIpc) is 3.70. The zero-order valence-corrected chi connectivity index (χ0v) is 46.3. The van der Waals surface area contributed by atoms with Gasteiger partial charge in [-0.15, -0.1) is 11.3 Å². The van der Waals surface area contributed by atoms with E-state index in [1.807, 2.05) is 11.3 Å². The van der Waals surface area contributed by atoms with Crippen molar-refractivity contribution in [2.45, 2.75) is 181 Å². The minimum absolute atomic E-state index is 0.00229. The number of thiazole rings is 1. The van der Waals surface area contributed by atoms with Crippen molar-refractivity contribution in [1.82, 2.24) is 4.98 Å². The monoisotopic (exact) mass is 942 g/mol. The summed E-state index contributed by atoms with van der Waals surface area (Å²) in [5.74, 6) is 0. The molecule has 0 unspecified atom stereocenters. The topological polar surface area (TPSA) is 19.4 Å². The highest BCUT2D eigenvalue weighted by Gasteiger charge is 2.48. The lowest BCUT2D eigenvalue weighted by atomic mass is 9.33. The first kappa shape index (κ1) is 47.2. The van der Waals surface area contributed by atoms with Gasteiger partial charge in [0, 0.05) is 39.7 Å². The third-order valence-corrected chi connectivity index (χ3v) is 18.5. The standard InChI is InChI=1S/C65H76BN3S/c1-59(2,3)40-23-21-39(22-24-40)58-67-51-38-53-50(37-56(51)70-58)66-49-35-47-48(65(16,17)30-29-64(47,14)15)36-52(49)69(44-25-26-45-46(34-44)63(12,13)28-27-62(45,10)11)55-33-42(61(7,8)9)32-54(57(55)66)68(53)43-20-18-19-41(31-43)60(4,5)6/h18-26,31-38H,27-30H2,1-17H3. The third-order valence-electron chi connectivity index (χ3n) is 17.5. The highest BCUT2D eigenvalue weighted by molar-refractivity contribution is 7.21. The van der Waals surface area contributed by atoms with Crippen LogP contribution in [-0.2, 0) is 37.9 Å². The Morgan fingerprint density at radius 3 is 1.53 bits per heavy atom. The van der Waals surface area contributed by atoms with E-state index >= 15 is 0 Å². The van der Waals surface area contributed by atoms with E-state index in [-0.39, 0.29) is 44.6 Å². The van der Waals surface area contributed by atoms with Gasteiger partial charge in [-0.2, -0.15) is 0 Å². The predicted octanol–water partition coefficient (Wildman–Crippen LogP) is 16.6. The first-order chi connectivity index (χ1) is 32.5. The normalized spacial score (nSPS) is 18.5. The van der Waals surface area contributed by atoms with E-state index in [0.717, 1.165) is 10.5 Å². The lowest BCUT2D eigenvalue weighted by Crippen LogP contribution is -2.62. The summed E-state index contributed by atoms with van der Waals surface area (Å²) in [6.07, 6.45) is 4.71. The lowest BCUT2D eigenvalue weighted by Gasteiger charge is -2.48. The van der Waals surface area contributed by atoms with Crippen molar-refractivity contribution in [3.63, 3.8) is 0 Å². The number of fused-ring (bicyclic) bond motifs is 7. The molecule has 0 saturated carbocycles. The Kier molecular flexibility index (Phi) is 10.3. The molecule has 0 N–H and O–H groups in total. The fraction of sp³-hybridized carbons (Fsp3) is 0.431.